The summed E-state index contributed by atoms with van der Waals surface area (Å²) in [5, 5.41) is 16.5. The van der Waals surface area contributed by atoms with Gasteiger partial charge in [-0.25, -0.2) is 0 Å². The zero-order valence-electron chi connectivity index (χ0n) is 12.2. The molecule has 20 heavy (non-hydrogen) atoms. The third-order valence-electron chi connectivity index (χ3n) is 4.11. The van der Waals surface area contributed by atoms with Crippen molar-refractivity contribution in [1.29, 1.82) is 0 Å². The fourth-order valence-electron chi connectivity index (χ4n) is 2.82. The lowest BCUT2D eigenvalue weighted by molar-refractivity contribution is -0.124. The second kappa shape index (κ2) is 6.86. The van der Waals surface area contributed by atoms with Gasteiger partial charge in [-0.1, -0.05) is 37.3 Å². The molecule has 1 aliphatic rings. The van der Waals surface area contributed by atoms with Crippen molar-refractivity contribution in [2.24, 2.45) is 5.92 Å². The van der Waals surface area contributed by atoms with E-state index in [1.54, 1.807) is 0 Å². The third-order valence-corrected chi connectivity index (χ3v) is 4.11. The average Bonchev–Trinajstić information content (AvgIpc) is 2.44. The highest BCUT2D eigenvalue weighted by Crippen LogP contribution is 2.19. The first-order valence-electron chi connectivity index (χ1n) is 7.33. The predicted octanol–water partition coefficient (Wildman–Crippen LogP) is 1.61. The van der Waals surface area contributed by atoms with E-state index in [9.17, 15) is 9.90 Å². The minimum Gasteiger partial charge on any atom is -0.388 e. The maximum absolute atomic E-state index is 12.1. The summed E-state index contributed by atoms with van der Waals surface area (Å²) in [6.07, 6.45) is 0.439. The summed E-state index contributed by atoms with van der Waals surface area (Å²) in [6.45, 7) is 5.26. The molecule has 1 heterocycles. The molecule has 0 saturated carbocycles. The Kier molecular flexibility index (Phi) is 5.15. The monoisotopic (exact) mass is 276 g/mol. The van der Waals surface area contributed by atoms with Crippen LogP contribution < -0.4 is 10.6 Å². The van der Waals surface area contributed by atoms with E-state index in [-0.39, 0.29) is 24.4 Å². The van der Waals surface area contributed by atoms with Gasteiger partial charge in [0.15, 0.2) is 0 Å². The molecule has 0 radical (unpaired) electrons. The number of nitrogens with one attached hydrogen (secondary N) is 2. The van der Waals surface area contributed by atoms with Crippen molar-refractivity contribution >= 4 is 5.91 Å². The fraction of sp³-hybridized carbons (Fsp3) is 0.562. The Morgan fingerprint density at radius 1 is 1.40 bits per heavy atom. The Morgan fingerprint density at radius 3 is 2.75 bits per heavy atom. The molecule has 1 aliphatic heterocycles. The molecule has 110 valence electrons. The molecule has 0 spiro atoms. The van der Waals surface area contributed by atoms with Crippen molar-refractivity contribution in [3.8, 4) is 0 Å². The van der Waals surface area contributed by atoms with Crippen LogP contribution >= 0.6 is 0 Å². The molecule has 1 amide bonds. The lowest BCUT2D eigenvalue weighted by Crippen LogP contribution is -2.56. The molecule has 4 nitrogen and oxygen atoms in total. The van der Waals surface area contributed by atoms with Gasteiger partial charge >= 0.3 is 0 Å². The van der Waals surface area contributed by atoms with Gasteiger partial charge in [0.25, 0.3) is 0 Å². The number of aliphatic hydroxyl groups excluding tert-OH is 1. The SMILES string of the molecule is C[C@@H]1CCN[C@H](C)[C@@H]1NC(=O)C[C@H](O)c1ccccc1. The summed E-state index contributed by atoms with van der Waals surface area (Å²) in [7, 11) is 0. The first kappa shape index (κ1) is 15.0. The minimum absolute atomic E-state index is 0.0891. The Balaban J connectivity index is 1.89. The van der Waals surface area contributed by atoms with Gasteiger partial charge in [-0.2, -0.15) is 0 Å². The lowest BCUT2D eigenvalue weighted by Gasteiger charge is -2.36. The van der Waals surface area contributed by atoms with E-state index < -0.39 is 6.10 Å². The molecule has 2 rings (SSSR count). The number of hydrogen-bond acceptors (Lipinski definition) is 3. The Morgan fingerprint density at radius 2 is 2.10 bits per heavy atom. The number of amides is 1. The normalized spacial score (nSPS) is 27.9. The van der Waals surface area contributed by atoms with E-state index in [4.69, 9.17) is 0 Å². The Labute approximate surface area is 120 Å². The standard InChI is InChI=1S/C16H24N2O2/c1-11-8-9-17-12(2)16(11)18-15(20)10-14(19)13-6-4-3-5-7-13/h3-7,11-12,14,16-17,19H,8-10H2,1-2H3,(H,18,20)/t11-,12-,14+,16-/m1/s1. The number of rotatable bonds is 4. The quantitative estimate of drug-likeness (QED) is 0.783. The van der Waals surface area contributed by atoms with Gasteiger partial charge in [-0.15, -0.1) is 0 Å². The highest BCUT2D eigenvalue weighted by atomic mass is 16.3. The Hall–Kier alpha value is -1.39. The average molecular weight is 276 g/mol. The van der Waals surface area contributed by atoms with Crippen LogP contribution in [0.3, 0.4) is 0 Å². The Bertz CT molecular complexity index is 425. The number of hydrogen-bond donors (Lipinski definition) is 3. The number of carbonyl (C=O) groups is 1. The first-order valence-corrected chi connectivity index (χ1v) is 7.33. The van der Waals surface area contributed by atoms with Crippen LogP contribution in [0.2, 0.25) is 0 Å². The molecule has 1 aromatic rings. The number of aliphatic hydroxyl groups is 1. The van der Waals surface area contributed by atoms with Gasteiger partial charge in [-0.05, 0) is 31.4 Å². The lowest BCUT2D eigenvalue weighted by atomic mass is 9.89. The van der Waals surface area contributed by atoms with Crippen molar-refractivity contribution in [3.63, 3.8) is 0 Å². The maximum Gasteiger partial charge on any atom is 0.223 e. The fourth-order valence-corrected chi connectivity index (χ4v) is 2.82. The van der Waals surface area contributed by atoms with E-state index in [1.165, 1.54) is 0 Å². The van der Waals surface area contributed by atoms with Gasteiger partial charge in [0.1, 0.15) is 0 Å². The summed E-state index contributed by atoms with van der Waals surface area (Å²) in [6, 6.07) is 9.72. The van der Waals surface area contributed by atoms with Gasteiger partial charge < -0.3 is 15.7 Å². The van der Waals surface area contributed by atoms with Crippen LogP contribution in [0.1, 0.15) is 38.4 Å². The maximum atomic E-state index is 12.1. The molecule has 0 unspecified atom stereocenters. The third kappa shape index (κ3) is 3.81. The van der Waals surface area contributed by atoms with Crippen LogP contribution in [-0.4, -0.2) is 29.6 Å². The molecule has 0 aliphatic carbocycles. The second-order valence-electron chi connectivity index (χ2n) is 5.73. The van der Waals surface area contributed by atoms with Crippen LogP contribution in [0.5, 0.6) is 0 Å². The van der Waals surface area contributed by atoms with Crippen LogP contribution in [0.25, 0.3) is 0 Å². The molecular weight excluding hydrogens is 252 g/mol. The van der Waals surface area contributed by atoms with E-state index in [2.05, 4.69) is 24.5 Å². The van der Waals surface area contributed by atoms with Crippen molar-refractivity contribution in [1.82, 2.24) is 10.6 Å². The second-order valence-corrected chi connectivity index (χ2v) is 5.73. The molecular formula is C16H24N2O2. The topological polar surface area (TPSA) is 61.4 Å². The molecule has 0 bridgehead atoms. The highest BCUT2D eigenvalue weighted by Gasteiger charge is 2.29. The van der Waals surface area contributed by atoms with E-state index in [1.807, 2.05) is 30.3 Å². The van der Waals surface area contributed by atoms with Gasteiger partial charge in [0.05, 0.1) is 12.5 Å². The molecule has 1 fully saturated rings. The van der Waals surface area contributed by atoms with Crippen LogP contribution in [0.15, 0.2) is 30.3 Å². The number of benzene rings is 1. The largest absolute Gasteiger partial charge is 0.388 e. The van der Waals surface area contributed by atoms with Crippen LogP contribution in [0, 0.1) is 5.92 Å². The summed E-state index contributed by atoms with van der Waals surface area (Å²) in [5.74, 6) is 0.373. The first-order chi connectivity index (χ1) is 9.58. The molecule has 4 atom stereocenters. The van der Waals surface area contributed by atoms with Crippen LogP contribution in [-0.2, 0) is 4.79 Å². The van der Waals surface area contributed by atoms with Crippen LogP contribution in [0.4, 0.5) is 0 Å². The minimum atomic E-state index is -0.738. The summed E-state index contributed by atoms with van der Waals surface area (Å²) in [4.78, 5) is 12.1. The smallest absolute Gasteiger partial charge is 0.223 e. The number of carbonyl (C=O) groups excluding carboxylic acids is 1. The number of piperidine rings is 1. The summed E-state index contributed by atoms with van der Waals surface area (Å²) in [5.41, 5.74) is 0.783. The molecule has 1 aromatic carbocycles. The van der Waals surface area contributed by atoms with E-state index in [0.717, 1.165) is 18.5 Å². The van der Waals surface area contributed by atoms with Crippen molar-refractivity contribution in [2.45, 2.75) is 44.9 Å². The zero-order valence-corrected chi connectivity index (χ0v) is 12.2. The molecule has 0 aromatic heterocycles. The molecule has 3 N–H and O–H groups in total. The van der Waals surface area contributed by atoms with Gasteiger partial charge in [0.2, 0.25) is 5.91 Å². The van der Waals surface area contributed by atoms with Crippen molar-refractivity contribution < 1.29 is 9.90 Å². The van der Waals surface area contributed by atoms with Gasteiger partial charge in [-0.3, -0.25) is 4.79 Å². The van der Waals surface area contributed by atoms with Gasteiger partial charge in [0, 0.05) is 12.1 Å². The van der Waals surface area contributed by atoms with Crippen molar-refractivity contribution in [2.75, 3.05) is 6.54 Å². The predicted molar refractivity (Wildman–Crippen MR) is 79.2 cm³/mol. The molecule has 1 saturated heterocycles. The summed E-state index contributed by atoms with van der Waals surface area (Å²) >= 11 is 0. The van der Waals surface area contributed by atoms with E-state index >= 15 is 0 Å². The summed E-state index contributed by atoms with van der Waals surface area (Å²) < 4.78 is 0. The van der Waals surface area contributed by atoms with Crippen molar-refractivity contribution in [3.05, 3.63) is 35.9 Å². The zero-order chi connectivity index (χ0) is 14.5. The van der Waals surface area contributed by atoms with E-state index in [0.29, 0.717) is 5.92 Å². The highest BCUT2D eigenvalue weighted by molar-refractivity contribution is 5.77. The molecule has 4 heteroatoms.